The van der Waals surface area contributed by atoms with E-state index in [4.69, 9.17) is 0 Å². The normalized spacial score (nSPS) is 15.6. The molecular formula is C21H23N5O. The fourth-order valence-corrected chi connectivity index (χ4v) is 3.49. The van der Waals surface area contributed by atoms with Crippen molar-refractivity contribution in [3.63, 3.8) is 0 Å². The molecular weight excluding hydrogens is 338 g/mol. The highest BCUT2D eigenvalue weighted by atomic mass is 16.2. The van der Waals surface area contributed by atoms with E-state index in [2.05, 4.69) is 20.4 Å². The predicted octanol–water partition coefficient (Wildman–Crippen LogP) is 3.63. The summed E-state index contributed by atoms with van der Waals surface area (Å²) < 4.78 is 1.73. The highest BCUT2D eigenvalue weighted by Crippen LogP contribution is 2.24. The van der Waals surface area contributed by atoms with E-state index in [1.54, 1.807) is 23.1 Å². The standard InChI is InChI=1S/C21H23N5O/c1-15(21(27)24-18-8-2-3-9-18)26-13-10-19(25-26)16-6-4-7-17(14-16)20-22-11-5-12-23-20/h4-7,10-15,18H,2-3,8-9H2,1H3,(H,24,27)/t15-/m0/s1. The number of benzene rings is 1. The van der Waals surface area contributed by atoms with Crippen LogP contribution in [0.5, 0.6) is 0 Å². The van der Waals surface area contributed by atoms with E-state index in [9.17, 15) is 4.79 Å². The molecule has 0 radical (unpaired) electrons. The number of carbonyl (C=O) groups excluding carboxylic acids is 1. The van der Waals surface area contributed by atoms with Crippen molar-refractivity contribution < 1.29 is 4.79 Å². The van der Waals surface area contributed by atoms with Crippen LogP contribution in [0.3, 0.4) is 0 Å². The van der Waals surface area contributed by atoms with Crippen LogP contribution in [0.4, 0.5) is 0 Å². The second-order valence-corrected chi connectivity index (χ2v) is 7.00. The summed E-state index contributed by atoms with van der Waals surface area (Å²) >= 11 is 0. The molecule has 0 saturated heterocycles. The largest absolute Gasteiger partial charge is 0.352 e. The number of nitrogens with one attached hydrogen (secondary N) is 1. The first-order valence-electron chi connectivity index (χ1n) is 9.44. The summed E-state index contributed by atoms with van der Waals surface area (Å²) in [7, 11) is 0. The lowest BCUT2D eigenvalue weighted by atomic mass is 10.1. The minimum Gasteiger partial charge on any atom is -0.352 e. The molecule has 0 aliphatic heterocycles. The van der Waals surface area contributed by atoms with Gasteiger partial charge in [-0.1, -0.05) is 31.0 Å². The Morgan fingerprint density at radius 2 is 1.85 bits per heavy atom. The third kappa shape index (κ3) is 3.89. The number of hydrogen-bond donors (Lipinski definition) is 1. The summed E-state index contributed by atoms with van der Waals surface area (Å²) in [6.07, 6.45) is 9.89. The smallest absolute Gasteiger partial charge is 0.244 e. The van der Waals surface area contributed by atoms with Crippen LogP contribution in [0.2, 0.25) is 0 Å². The molecule has 2 aromatic heterocycles. The van der Waals surface area contributed by atoms with Gasteiger partial charge < -0.3 is 5.32 Å². The third-order valence-electron chi connectivity index (χ3n) is 5.07. The van der Waals surface area contributed by atoms with E-state index >= 15 is 0 Å². The van der Waals surface area contributed by atoms with Crippen LogP contribution in [0.1, 0.15) is 38.6 Å². The van der Waals surface area contributed by atoms with Crippen LogP contribution in [0.15, 0.2) is 55.0 Å². The molecule has 0 bridgehead atoms. The maximum atomic E-state index is 12.5. The van der Waals surface area contributed by atoms with Crippen LogP contribution in [0, 0.1) is 0 Å². The zero-order valence-electron chi connectivity index (χ0n) is 15.4. The molecule has 2 heterocycles. The van der Waals surface area contributed by atoms with Crippen molar-refractivity contribution in [2.45, 2.75) is 44.7 Å². The van der Waals surface area contributed by atoms with Crippen LogP contribution < -0.4 is 5.32 Å². The van der Waals surface area contributed by atoms with Gasteiger partial charge in [0.05, 0.1) is 5.69 Å². The van der Waals surface area contributed by atoms with E-state index in [0.29, 0.717) is 11.9 Å². The molecule has 1 atom stereocenters. The molecule has 6 nitrogen and oxygen atoms in total. The Labute approximate surface area is 158 Å². The Kier molecular flexibility index (Phi) is 4.96. The second-order valence-electron chi connectivity index (χ2n) is 7.00. The predicted molar refractivity (Wildman–Crippen MR) is 104 cm³/mol. The molecule has 1 N–H and O–H groups in total. The summed E-state index contributed by atoms with van der Waals surface area (Å²) in [5.74, 6) is 0.714. The number of rotatable bonds is 5. The van der Waals surface area contributed by atoms with Gasteiger partial charge in [-0.2, -0.15) is 5.10 Å². The van der Waals surface area contributed by atoms with Gasteiger partial charge in [0.25, 0.3) is 0 Å². The molecule has 3 aromatic rings. The molecule has 1 fully saturated rings. The van der Waals surface area contributed by atoms with Gasteiger partial charge in [-0.15, -0.1) is 0 Å². The van der Waals surface area contributed by atoms with E-state index in [1.807, 2.05) is 43.5 Å². The van der Waals surface area contributed by atoms with E-state index < -0.39 is 0 Å². The van der Waals surface area contributed by atoms with Gasteiger partial charge in [0.2, 0.25) is 5.91 Å². The average Bonchev–Trinajstić information content (AvgIpc) is 3.40. The quantitative estimate of drug-likeness (QED) is 0.753. The van der Waals surface area contributed by atoms with Crippen LogP contribution in [0.25, 0.3) is 22.6 Å². The van der Waals surface area contributed by atoms with E-state index in [1.165, 1.54) is 12.8 Å². The third-order valence-corrected chi connectivity index (χ3v) is 5.07. The van der Waals surface area contributed by atoms with Crippen molar-refractivity contribution in [2.24, 2.45) is 0 Å². The lowest BCUT2D eigenvalue weighted by Gasteiger charge is -2.16. The molecule has 1 aliphatic rings. The first-order valence-corrected chi connectivity index (χ1v) is 9.44. The Morgan fingerprint density at radius 3 is 2.63 bits per heavy atom. The van der Waals surface area contributed by atoms with Gasteiger partial charge in [0.15, 0.2) is 5.82 Å². The summed E-state index contributed by atoms with van der Waals surface area (Å²) in [6.45, 7) is 1.88. The highest BCUT2D eigenvalue weighted by molar-refractivity contribution is 5.80. The van der Waals surface area contributed by atoms with Gasteiger partial charge in [0.1, 0.15) is 6.04 Å². The van der Waals surface area contributed by atoms with Crippen molar-refractivity contribution in [1.82, 2.24) is 25.1 Å². The Hall–Kier alpha value is -3.02. The zero-order chi connectivity index (χ0) is 18.6. The highest BCUT2D eigenvalue weighted by Gasteiger charge is 2.22. The second kappa shape index (κ2) is 7.70. The lowest BCUT2D eigenvalue weighted by Crippen LogP contribution is -2.37. The first kappa shape index (κ1) is 17.4. The molecule has 0 unspecified atom stereocenters. The summed E-state index contributed by atoms with van der Waals surface area (Å²) in [6, 6.07) is 11.7. The summed E-state index contributed by atoms with van der Waals surface area (Å²) in [5.41, 5.74) is 2.74. The molecule has 6 heteroatoms. The van der Waals surface area contributed by atoms with Gasteiger partial charge in [-0.05, 0) is 38.0 Å². The minimum atomic E-state index is -0.333. The number of nitrogens with zero attached hydrogens (tertiary/aromatic N) is 4. The van der Waals surface area contributed by atoms with Gasteiger partial charge in [-0.3, -0.25) is 9.48 Å². The minimum absolute atomic E-state index is 0.0305. The number of carbonyl (C=O) groups is 1. The SMILES string of the molecule is C[C@@H](C(=O)NC1CCCC1)n1ccc(-c2cccc(-c3ncccn3)c2)n1. The Balaban J connectivity index is 1.51. The summed E-state index contributed by atoms with van der Waals surface area (Å²) in [4.78, 5) is 21.1. The molecule has 0 spiro atoms. The van der Waals surface area contributed by atoms with Gasteiger partial charge >= 0.3 is 0 Å². The molecule has 1 amide bonds. The molecule has 4 rings (SSSR count). The molecule has 1 saturated carbocycles. The van der Waals surface area contributed by atoms with Gasteiger partial charge in [0, 0.05) is 35.8 Å². The fourth-order valence-electron chi connectivity index (χ4n) is 3.49. The van der Waals surface area contributed by atoms with E-state index in [0.717, 1.165) is 29.7 Å². The van der Waals surface area contributed by atoms with E-state index in [-0.39, 0.29) is 11.9 Å². The fraction of sp³-hybridized carbons (Fsp3) is 0.333. The van der Waals surface area contributed by atoms with Crippen molar-refractivity contribution in [3.8, 4) is 22.6 Å². The van der Waals surface area contributed by atoms with Gasteiger partial charge in [-0.25, -0.2) is 9.97 Å². The van der Waals surface area contributed by atoms with Crippen molar-refractivity contribution in [2.75, 3.05) is 0 Å². The maximum absolute atomic E-state index is 12.5. The molecule has 27 heavy (non-hydrogen) atoms. The first-order chi connectivity index (χ1) is 13.2. The molecule has 1 aliphatic carbocycles. The zero-order valence-corrected chi connectivity index (χ0v) is 15.4. The van der Waals surface area contributed by atoms with Crippen molar-refractivity contribution in [1.29, 1.82) is 0 Å². The topological polar surface area (TPSA) is 72.7 Å². The molecule has 138 valence electrons. The van der Waals surface area contributed by atoms with Crippen LogP contribution in [-0.4, -0.2) is 31.7 Å². The number of hydrogen-bond acceptors (Lipinski definition) is 4. The average molecular weight is 361 g/mol. The van der Waals surface area contributed by atoms with Crippen molar-refractivity contribution >= 4 is 5.91 Å². The monoisotopic (exact) mass is 361 g/mol. The maximum Gasteiger partial charge on any atom is 0.244 e. The van der Waals surface area contributed by atoms with Crippen molar-refractivity contribution in [3.05, 3.63) is 55.0 Å². The summed E-state index contributed by atoms with van der Waals surface area (Å²) in [5, 5.41) is 7.77. The molecule has 1 aromatic carbocycles. The van der Waals surface area contributed by atoms with Crippen LogP contribution in [-0.2, 0) is 4.79 Å². The Bertz CT molecular complexity index is 915. The lowest BCUT2D eigenvalue weighted by molar-refractivity contribution is -0.124. The van der Waals surface area contributed by atoms with Crippen LogP contribution >= 0.6 is 0 Å². The Morgan fingerprint density at radius 1 is 1.11 bits per heavy atom. The number of aromatic nitrogens is 4. The number of amides is 1.